The minimum Gasteiger partial charge on any atom is -0.493 e. The van der Waals surface area contributed by atoms with Gasteiger partial charge in [-0.3, -0.25) is 9.69 Å². The Morgan fingerprint density at radius 3 is 2.60 bits per heavy atom. The van der Waals surface area contributed by atoms with Gasteiger partial charge in [-0.1, -0.05) is 42.5 Å². The zero-order valence-corrected chi connectivity index (χ0v) is 15.2. The van der Waals surface area contributed by atoms with Crippen LogP contribution in [0.25, 0.3) is 0 Å². The van der Waals surface area contributed by atoms with Crippen LogP contribution in [-0.2, 0) is 0 Å². The van der Waals surface area contributed by atoms with Gasteiger partial charge >= 0.3 is 0 Å². The number of benzene rings is 2. The van der Waals surface area contributed by atoms with Gasteiger partial charge in [0, 0.05) is 30.8 Å². The van der Waals surface area contributed by atoms with Gasteiger partial charge in [-0.2, -0.15) is 0 Å². The Labute approximate surface area is 153 Å². The maximum Gasteiger partial charge on any atom is 0.164 e. The molecule has 25 heavy (non-hydrogen) atoms. The van der Waals surface area contributed by atoms with E-state index < -0.39 is 0 Å². The molecular weight excluding hydrogens is 334 g/mol. The van der Waals surface area contributed by atoms with E-state index in [9.17, 15) is 4.79 Å². The second kappa shape index (κ2) is 8.92. The summed E-state index contributed by atoms with van der Waals surface area (Å²) in [6, 6.07) is 17.2. The van der Waals surface area contributed by atoms with Crippen molar-refractivity contribution in [1.29, 1.82) is 0 Å². The second-order valence-electron chi connectivity index (χ2n) is 5.86. The molecule has 0 aromatic heterocycles. The Balaban J connectivity index is 1.51. The van der Waals surface area contributed by atoms with Crippen LogP contribution in [-0.4, -0.2) is 48.6 Å². The molecule has 0 unspecified atom stereocenters. The Morgan fingerprint density at radius 2 is 1.84 bits per heavy atom. The van der Waals surface area contributed by atoms with Crippen molar-refractivity contribution in [3.05, 3.63) is 60.2 Å². The zero-order valence-electron chi connectivity index (χ0n) is 14.4. The number of Topliss-reactive ketones (excluding diaryl/α,β-unsaturated/α-hetero) is 1. The smallest absolute Gasteiger partial charge is 0.164 e. The fraction of sp³-hybridized carbons (Fsp3) is 0.350. The maximum atomic E-state index is 12.3. The lowest BCUT2D eigenvalue weighted by Gasteiger charge is -2.23. The summed E-state index contributed by atoms with van der Waals surface area (Å²) in [6.07, 6.45) is 0.537. The molecule has 1 fully saturated rings. The Hall–Kier alpha value is -1.98. The zero-order chi connectivity index (χ0) is 17.5. The minimum absolute atomic E-state index is 0.196. The third kappa shape index (κ3) is 4.77. The van der Waals surface area contributed by atoms with Gasteiger partial charge in [0.25, 0.3) is 0 Å². The van der Waals surface area contributed by atoms with Crippen LogP contribution >= 0.6 is 11.8 Å². The van der Waals surface area contributed by atoms with Gasteiger partial charge < -0.3 is 9.47 Å². The molecule has 5 heteroatoms. The molecule has 1 heterocycles. The highest BCUT2D eigenvalue weighted by molar-refractivity contribution is 8.00. The molecule has 0 amide bonds. The second-order valence-corrected chi connectivity index (χ2v) is 7.15. The van der Waals surface area contributed by atoms with Crippen LogP contribution < -0.4 is 9.47 Å². The molecule has 0 radical (unpaired) electrons. The summed E-state index contributed by atoms with van der Waals surface area (Å²) >= 11 is 1.88. The molecule has 132 valence electrons. The molecule has 1 saturated heterocycles. The molecule has 0 saturated carbocycles. The molecule has 2 aromatic carbocycles. The molecule has 1 aliphatic heterocycles. The number of ketones is 1. The third-order valence-electron chi connectivity index (χ3n) is 4.27. The molecule has 1 atom stereocenters. The first-order valence-electron chi connectivity index (χ1n) is 8.47. The fourth-order valence-corrected chi connectivity index (χ4v) is 4.08. The van der Waals surface area contributed by atoms with Crippen molar-refractivity contribution in [2.75, 3.05) is 32.6 Å². The summed E-state index contributed by atoms with van der Waals surface area (Å²) in [4.78, 5) is 14.6. The molecule has 3 rings (SSSR count). The van der Waals surface area contributed by atoms with Gasteiger partial charge in [0.05, 0.1) is 12.5 Å². The van der Waals surface area contributed by atoms with Crippen LogP contribution in [0.4, 0.5) is 0 Å². The normalized spacial score (nSPS) is 17.4. The maximum absolute atomic E-state index is 12.3. The Bertz CT molecular complexity index is 692. The number of hydrogen-bond acceptors (Lipinski definition) is 5. The molecule has 4 nitrogen and oxygen atoms in total. The molecule has 0 bridgehead atoms. The quantitative estimate of drug-likeness (QED) is 0.673. The van der Waals surface area contributed by atoms with E-state index in [1.165, 1.54) is 0 Å². The van der Waals surface area contributed by atoms with Gasteiger partial charge in [-0.25, -0.2) is 0 Å². The number of carbonyl (C=O) groups is 1. The van der Waals surface area contributed by atoms with E-state index in [2.05, 4.69) is 4.90 Å². The predicted octanol–water partition coefficient (Wildman–Crippen LogP) is 3.72. The lowest BCUT2D eigenvalue weighted by molar-refractivity contribution is 0.0959. The number of methoxy groups -OCH3 is 1. The molecule has 1 aliphatic rings. The number of nitrogens with zero attached hydrogens (tertiary/aromatic N) is 1. The van der Waals surface area contributed by atoms with Crippen molar-refractivity contribution in [2.24, 2.45) is 0 Å². The van der Waals surface area contributed by atoms with Gasteiger partial charge in [0.15, 0.2) is 17.3 Å². The van der Waals surface area contributed by atoms with Crippen LogP contribution in [0.5, 0.6) is 11.5 Å². The highest BCUT2D eigenvalue weighted by atomic mass is 32.2. The third-order valence-corrected chi connectivity index (χ3v) is 5.51. The summed E-state index contributed by atoms with van der Waals surface area (Å²) in [5, 5.41) is 0.272. The predicted molar refractivity (Wildman–Crippen MR) is 102 cm³/mol. The number of thioether (sulfide) groups is 1. The first kappa shape index (κ1) is 17.8. The van der Waals surface area contributed by atoms with Gasteiger partial charge in [-0.05, 0) is 12.1 Å². The number of rotatable bonds is 8. The van der Waals surface area contributed by atoms with Crippen LogP contribution in [0.1, 0.15) is 16.8 Å². The van der Waals surface area contributed by atoms with E-state index in [0.717, 1.165) is 35.9 Å². The summed E-state index contributed by atoms with van der Waals surface area (Å²) in [5.41, 5.74) is 0.788. The lowest BCUT2D eigenvalue weighted by Crippen LogP contribution is -2.34. The number of ether oxygens (including phenoxy) is 2. The van der Waals surface area contributed by atoms with Crippen molar-refractivity contribution in [3.8, 4) is 11.5 Å². The molecule has 0 N–H and O–H groups in total. The van der Waals surface area contributed by atoms with Crippen LogP contribution in [0, 0.1) is 0 Å². The van der Waals surface area contributed by atoms with E-state index in [1.807, 2.05) is 66.4 Å². The standard InChI is InChI=1S/C20H23NO3S/c1-23-18-9-5-6-10-19(18)24-15-20-21(13-14-25-20)12-11-17(22)16-7-3-2-4-8-16/h2-10,20H,11-15H2,1H3/t20-/m0/s1. The highest BCUT2D eigenvalue weighted by Gasteiger charge is 2.26. The van der Waals surface area contributed by atoms with Gasteiger partial charge in [0.2, 0.25) is 0 Å². The van der Waals surface area contributed by atoms with Gasteiger partial charge in [0.1, 0.15) is 6.61 Å². The number of para-hydroxylation sites is 2. The Morgan fingerprint density at radius 1 is 1.12 bits per heavy atom. The molecule has 0 aliphatic carbocycles. The van der Waals surface area contributed by atoms with Gasteiger partial charge in [-0.15, -0.1) is 11.8 Å². The number of hydrogen-bond donors (Lipinski definition) is 0. The van der Waals surface area contributed by atoms with Crippen molar-refractivity contribution >= 4 is 17.5 Å². The van der Waals surface area contributed by atoms with Crippen LogP contribution in [0.3, 0.4) is 0 Å². The SMILES string of the molecule is COc1ccccc1OC[C@@H]1SCCN1CCC(=O)c1ccccc1. The average Bonchev–Trinajstić information content (AvgIpc) is 3.12. The topological polar surface area (TPSA) is 38.8 Å². The van der Waals surface area contributed by atoms with Crippen molar-refractivity contribution in [3.63, 3.8) is 0 Å². The monoisotopic (exact) mass is 357 g/mol. The first-order chi connectivity index (χ1) is 12.3. The van der Waals surface area contributed by atoms with Crippen molar-refractivity contribution in [1.82, 2.24) is 4.90 Å². The van der Waals surface area contributed by atoms with E-state index in [1.54, 1.807) is 7.11 Å². The lowest BCUT2D eigenvalue weighted by atomic mass is 10.1. The van der Waals surface area contributed by atoms with Crippen molar-refractivity contribution in [2.45, 2.75) is 11.8 Å². The van der Waals surface area contributed by atoms with E-state index in [4.69, 9.17) is 9.47 Å². The largest absolute Gasteiger partial charge is 0.493 e. The summed E-state index contributed by atoms with van der Waals surface area (Å²) in [6.45, 7) is 2.35. The molecule has 2 aromatic rings. The fourth-order valence-electron chi connectivity index (χ4n) is 2.88. The molecule has 0 spiro atoms. The van der Waals surface area contributed by atoms with E-state index >= 15 is 0 Å². The Kier molecular flexibility index (Phi) is 6.36. The first-order valence-corrected chi connectivity index (χ1v) is 9.52. The number of carbonyl (C=O) groups excluding carboxylic acids is 1. The minimum atomic E-state index is 0.196. The molecular formula is C20H23NO3S. The summed E-state index contributed by atoms with van der Waals surface area (Å²) in [5.74, 6) is 2.77. The van der Waals surface area contributed by atoms with Crippen LogP contribution in [0.15, 0.2) is 54.6 Å². The van der Waals surface area contributed by atoms with Crippen LogP contribution in [0.2, 0.25) is 0 Å². The summed E-state index contributed by atoms with van der Waals surface area (Å²) < 4.78 is 11.3. The van der Waals surface area contributed by atoms with E-state index in [0.29, 0.717) is 13.0 Å². The van der Waals surface area contributed by atoms with Crippen molar-refractivity contribution < 1.29 is 14.3 Å². The summed E-state index contributed by atoms with van der Waals surface area (Å²) in [7, 11) is 1.65. The van der Waals surface area contributed by atoms with E-state index in [-0.39, 0.29) is 11.2 Å². The average molecular weight is 357 g/mol. The highest BCUT2D eigenvalue weighted by Crippen LogP contribution is 2.29.